The first-order valence-electron chi connectivity index (χ1n) is 7.32. The highest BCUT2D eigenvalue weighted by molar-refractivity contribution is 5.76. The monoisotopic (exact) mass is 271 g/mol. The van der Waals surface area contributed by atoms with Gasteiger partial charge in [-0.2, -0.15) is 0 Å². The lowest BCUT2D eigenvalue weighted by Gasteiger charge is -2.34. The largest absolute Gasteiger partial charge is 0.392 e. The number of carbonyl (C=O) groups excluding carboxylic acids is 1. The van der Waals surface area contributed by atoms with Crippen molar-refractivity contribution in [1.82, 2.24) is 15.1 Å². The molecule has 1 aliphatic rings. The fourth-order valence-electron chi connectivity index (χ4n) is 2.64. The van der Waals surface area contributed by atoms with E-state index in [1.54, 1.807) is 0 Å². The summed E-state index contributed by atoms with van der Waals surface area (Å²) in [6.45, 7) is 6.28. The molecule has 1 amide bonds. The van der Waals surface area contributed by atoms with Crippen molar-refractivity contribution in [2.45, 2.75) is 32.3 Å². The third-order valence-electron chi connectivity index (χ3n) is 3.78. The van der Waals surface area contributed by atoms with Gasteiger partial charge in [0.1, 0.15) is 0 Å². The lowest BCUT2D eigenvalue weighted by molar-refractivity contribution is -0.130. The van der Waals surface area contributed by atoms with Crippen LogP contribution in [0.1, 0.15) is 26.2 Å². The fraction of sp³-hybridized carbons (Fsp3) is 0.929. The fourth-order valence-corrected chi connectivity index (χ4v) is 2.64. The molecule has 19 heavy (non-hydrogen) atoms. The number of amides is 1. The zero-order valence-corrected chi connectivity index (χ0v) is 12.6. The number of likely N-dealkylation sites (tertiary alicyclic amines) is 1. The summed E-state index contributed by atoms with van der Waals surface area (Å²) >= 11 is 0. The van der Waals surface area contributed by atoms with E-state index in [1.807, 2.05) is 25.9 Å². The van der Waals surface area contributed by atoms with Crippen LogP contribution in [0.4, 0.5) is 0 Å². The Labute approximate surface area is 117 Å². The van der Waals surface area contributed by atoms with Crippen LogP contribution in [-0.4, -0.2) is 73.7 Å². The van der Waals surface area contributed by atoms with Gasteiger partial charge in [-0.3, -0.25) is 4.79 Å². The average molecular weight is 271 g/mol. The molecule has 0 aromatic carbocycles. The highest BCUT2D eigenvalue weighted by Crippen LogP contribution is 2.18. The van der Waals surface area contributed by atoms with E-state index in [1.165, 1.54) is 0 Å². The molecule has 2 N–H and O–H groups in total. The van der Waals surface area contributed by atoms with Gasteiger partial charge in [-0.15, -0.1) is 0 Å². The maximum absolute atomic E-state index is 11.8. The topological polar surface area (TPSA) is 55.8 Å². The predicted molar refractivity (Wildman–Crippen MR) is 77.0 cm³/mol. The first kappa shape index (κ1) is 16.4. The van der Waals surface area contributed by atoms with Crippen LogP contribution >= 0.6 is 0 Å². The lowest BCUT2D eigenvalue weighted by atomic mass is 9.96. The summed E-state index contributed by atoms with van der Waals surface area (Å²) in [6, 6.07) is 0. The van der Waals surface area contributed by atoms with Crippen molar-refractivity contribution in [3.63, 3.8) is 0 Å². The smallest absolute Gasteiger partial charge is 0.223 e. The molecule has 1 fully saturated rings. The zero-order valence-electron chi connectivity index (χ0n) is 12.6. The van der Waals surface area contributed by atoms with Crippen LogP contribution in [0.5, 0.6) is 0 Å². The maximum Gasteiger partial charge on any atom is 0.223 e. The van der Waals surface area contributed by atoms with Crippen LogP contribution in [0.2, 0.25) is 0 Å². The molecule has 0 spiro atoms. The molecule has 1 saturated heterocycles. The molecule has 0 aromatic rings. The molecule has 5 nitrogen and oxygen atoms in total. The van der Waals surface area contributed by atoms with Gasteiger partial charge in [-0.1, -0.05) is 0 Å². The van der Waals surface area contributed by atoms with Crippen molar-refractivity contribution in [2.75, 3.05) is 46.8 Å². The number of nitrogens with one attached hydrogen (secondary N) is 1. The first-order chi connectivity index (χ1) is 9.02. The normalized spacial score (nSPS) is 19.4. The Morgan fingerprint density at radius 2 is 2.11 bits per heavy atom. The summed E-state index contributed by atoms with van der Waals surface area (Å²) in [4.78, 5) is 16.0. The first-order valence-corrected chi connectivity index (χ1v) is 7.32. The van der Waals surface area contributed by atoms with Gasteiger partial charge in [0.2, 0.25) is 5.91 Å². The van der Waals surface area contributed by atoms with E-state index >= 15 is 0 Å². The van der Waals surface area contributed by atoms with Crippen molar-refractivity contribution in [3.05, 3.63) is 0 Å². The molecule has 1 unspecified atom stereocenters. The highest BCUT2D eigenvalue weighted by Gasteiger charge is 2.22. The summed E-state index contributed by atoms with van der Waals surface area (Å²) in [5, 5.41) is 12.4. The number of aliphatic hydroxyl groups is 1. The SMILES string of the molecule is CNCCC(=O)N(C)CC1CCN(CC(C)O)CC1. The van der Waals surface area contributed by atoms with Crippen LogP contribution in [0.25, 0.3) is 0 Å². The van der Waals surface area contributed by atoms with E-state index < -0.39 is 0 Å². The summed E-state index contributed by atoms with van der Waals surface area (Å²) in [6.07, 6.45) is 2.57. The maximum atomic E-state index is 11.8. The molecule has 0 bridgehead atoms. The number of β-amino-alcohol motifs (C(OH)–C–C–N with tert-alkyl or cyclic N) is 1. The molecule has 1 atom stereocenters. The summed E-state index contributed by atoms with van der Waals surface area (Å²) in [5.41, 5.74) is 0. The van der Waals surface area contributed by atoms with Crippen molar-refractivity contribution < 1.29 is 9.90 Å². The van der Waals surface area contributed by atoms with Gasteiger partial charge in [0.15, 0.2) is 0 Å². The third-order valence-corrected chi connectivity index (χ3v) is 3.78. The van der Waals surface area contributed by atoms with Gasteiger partial charge in [-0.25, -0.2) is 0 Å². The van der Waals surface area contributed by atoms with E-state index in [-0.39, 0.29) is 12.0 Å². The molecule has 112 valence electrons. The van der Waals surface area contributed by atoms with Crippen LogP contribution < -0.4 is 5.32 Å². The highest BCUT2D eigenvalue weighted by atomic mass is 16.3. The quantitative estimate of drug-likeness (QED) is 0.692. The van der Waals surface area contributed by atoms with Gasteiger partial charge >= 0.3 is 0 Å². The number of hydrogen-bond donors (Lipinski definition) is 2. The lowest BCUT2D eigenvalue weighted by Crippen LogP contribution is -2.41. The van der Waals surface area contributed by atoms with Gasteiger partial charge in [0, 0.05) is 33.1 Å². The van der Waals surface area contributed by atoms with Crippen LogP contribution in [0.3, 0.4) is 0 Å². The number of piperidine rings is 1. The second kappa shape index (κ2) is 8.51. The molecule has 0 aliphatic carbocycles. The molecule has 0 radical (unpaired) electrons. The van der Waals surface area contributed by atoms with E-state index in [0.717, 1.165) is 45.6 Å². The molecule has 1 heterocycles. The van der Waals surface area contributed by atoms with E-state index in [4.69, 9.17) is 0 Å². The Morgan fingerprint density at radius 3 is 2.63 bits per heavy atom. The summed E-state index contributed by atoms with van der Waals surface area (Å²) in [7, 11) is 3.77. The molecular weight excluding hydrogens is 242 g/mol. The van der Waals surface area contributed by atoms with Crippen molar-refractivity contribution >= 4 is 5.91 Å². The number of nitrogens with zero attached hydrogens (tertiary/aromatic N) is 2. The molecule has 5 heteroatoms. The Hall–Kier alpha value is -0.650. The Bertz CT molecular complexity index is 263. The van der Waals surface area contributed by atoms with E-state index in [2.05, 4.69) is 10.2 Å². The Kier molecular flexibility index (Phi) is 7.34. The Morgan fingerprint density at radius 1 is 1.47 bits per heavy atom. The molecule has 1 aliphatic heterocycles. The van der Waals surface area contributed by atoms with E-state index in [9.17, 15) is 9.90 Å². The van der Waals surface area contributed by atoms with Gasteiger partial charge in [-0.05, 0) is 45.8 Å². The standard InChI is InChI=1S/C14H29N3O2/c1-12(18)10-17-8-5-13(6-9-17)11-16(3)14(19)4-7-15-2/h12-13,15,18H,4-11H2,1-3H3. The minimum Gasteiger partial charge on any atom is -0.392 e. The predicted octanol–water partition coefficient (Wildman–Crippen LogP) is 0.147. The molecule has 0 saturated carbocycles. The van der Waals surface area contributed by atoms with Gasteiger partial charge < -0.3 is 20.2 Å². The molecular formula is C14H29N3O2. The molecule has 0 aromatic heterocycles. The average Bonchev–Trinajstić information content (AvgIpc) is 2.37. The summed E-state index contributed by atoms with van der Waals surface area (Å²) in [5.74, 6) is 0.828. The zero-order chi connectivity index (χ0) is 14.3. The Balaban J connectivity index is 2.22. The second-order valence-electron chi connectivity index (χ2n) is 5.72. The van der Waals surface area contributed by atoms with Crippen LogP contribution in [-0.2, 0) is 4.79 Å². The number of rotatable bonds is 7. The van der Waals surface area contributed by atoms with Crippen molar-refractivity contribution in [1.29, 1.82) is 0 Å². The summed E-state index contributed by atoms with van der Waals surface area (Å²) < 4.78 is 0. The van der Waals surface area contributed by atoms with Crippen molar-refractivity contribution in [2.24, 2.45) is 5.92 Å². The number of aliphatic hydroxyl groups excluding tert-OH is 1. The van der Waals surface area contributed by atoms with E-state index in [0.29, 0.717) is 12.3 Å². The number of carbonyl (C=O) groups is 1. The molecule has 1 rings (SSSR count). The van der Waals surface area contributed by atoms with Gasteiger partial charge in [0.25, 0.3) is 0 Å². The number of hydrogen-bond acceptors (Lipinski definition) is 4. The van der Waals surface area contributed by atoms with Gasteiger partial charge in [0.05, 0.1) is 6.10 Å². The van der Waals surface area contributed by atoms with Crippen molar-refractivity contribution in [3.8, 4) is 0 Å². The van der Waals surface area contributed by atoms with Crippen LogP contribution in [0.15, 0.2) is 0 Å². The second-order valence-corrected chi connectivity index (χ2v) is 5.72. The van der Waals surface area contributed by atoms with Crippen LogP contribution in [0, 0.1) is 5.92 Å². The minimum absolute atomic E-state index is 0.223. The third kappa shape index (κ3) is 6.36. The minimum atomic E-state index is -0.248.